The molecule has 202 valence electrons. The summed E-state index contributed by atoms with van der Waals surface area (Å²) in [5.41, 5.74) is 4.17. The number of aromatic nitrogens is 2. The number of imidazole rings is 1. The molecule has 3 aromatic carbocycles. The van der Waals surface area contributed by atoms with E-state index in [-0.39, 0.29) is 30.0 Å². The first-order valence-electron chi connectivity index (χ1n) is 12.5. The summed E-state index contributed by atoms with van der Waals surface area (Å²) in [7, 11) is 0. The number of ether oxygens (including phenoxy) is 2. The Kier molecular flexibility index (Phi) is 8.81. The molecule has 8 nitrogen and oxygen atoms in total. The molecule has 0 saturated carbocycles. The smallest absolute Gasteiger partial charge is 0.319 e. The summed E-state index contributed by atoms with van der Waals surface area (Å²) in [5, 5.41) is 15.8. The molecule has 10 heteroatoms. The lowest BCUT2D eigenvalue weighted by Gasteiger charge is -2.36. The van der Waals surface area contributed by atoms with Crippen LogP contribution in [0.25, 0.3) is 0 Å². The van der Waals surface area contributed by atoms with E-state index in [1.54, 1.807) is 10.9 Å². The molecule has 1 saturated heterocycles. The van der Waals surface area contributed by atoms with E-state index >= 15 is 0 Å². The van der Waals surface area contributed by atoms with Gasteiger partial charge < -0.3 is 29.8 Å². The average molecular weight is 567 g/mol. The van der Waals surface area contributed by atoms with Crippen molar-refractivity contribution in [2.45, 2.75) is 44.6 Å². The van der Waals surface area contributed by atoms with Gasteiger partial charge in [-0.2, -0.15) is 0 Å². The number of anilines is 1. The minimum atomic E-state index is -0.696. The van der Waals surface area contributed by atoms with Crippen molar-refractivity contribution < 1.29 is 19.4 Å². The molecule has 1 fully saturated rings. The van der Waals surface area contributed by atoms with Gasteiger partial charge in [-0.05, 0) is 28.8 Å². The van der Waals surface area contributed by atoms with Gasteiger partial charge in [-0.3, -0.25) is 0 Å². The number of rotatable bonds is 8. The van der Waals surface area contributed by atoms with Gasteiger partial charge in [-0.25, -0.2) is 9.78 Å². The second-order valence-corrected chi connectivity index (χ2v) is 9.96. The predicted octanol–water partition coefficient (Wildman–Crippen LogP) is 6.25. The molecule has 0 bridgehead atoms. The molecule has 1 aliphatic rings. The maximum absolute atomic E-state index is 12.5. The van der Waals surface area contributed by atoms with Crippen LogP contribution in [0.4, 0.5) is 10.5 Å². The second-order valence-electron chi connectivity index (χ2n) is 9.25. The molecule has 2 amide bonds. The molecule has 1 aliphatic heterocycles. The summed E-state index contributed by atoms with van der Waals surface area (Å²) in [6.07, 6.45) is 0.923. The number of nitrogens with zero attached hydrogens (tertiary/aromatic N) is 2. The third-order valence-corrected chi connectivity index (χ3v) is 7.23. The van der Waals surface area contributed by atoms with Crippen LogP contribution in [0.2, 0.25) is 10.3 Å². The molecule has 0 radical (unpaired) electrons. The van der Waals surface area contributed by atoms with Crippen molar-refractivity contribution in [3.8, 4) is 0 Å². The zero-order chi connectivity index (χ0) is 27.2. The number of nitrogens with one attached hydrogen (secondary N) is 2. The largest absolute Gasteiger partial charge is 0.392 e. The summed E-state index contributed by atoms with van der Waals surface area (Å²) in [6, 6.07) is 24.4. The fourth-order valence-electron chi connectivity index (χ4n) is 4.44. The first kappa shape index (κ1) is 27.2. The van der Waals surface area contributed by atoms with Crippen LogP contribution >= 0.6 is 23.2 Å². The lowest BCUT2D eigenvalue weighted by molar-refractivity contribution is -0.252. The summed E-state index contributed by atoms with van der Waals surface area (Å²) in [5.74, 6) is 0. The number of hydrogen-bond acceptors (Lipinski definition) is 5. The summed E-state index contributed by atoms with van der Waals surface area (Å²) < 4.78 is 14.5. The van der Waals surface area contributed by atoms with Gasteiger partial charge in [0.05, 0.1) is 31.7 Å². The molecule has 2 heterocycles. The number of aliphatic hydroxyl groups excluding tert-OH is 1. The number of carbonyl (C=O) groups excluding carboxylic acids is 1. The number of aliphatic hydroxyl groups is 1. The first-order valence-corrected chi connectivity index (χ1v) is 13.3. The maximum Gasteiger partial charge on any atom is 0.319 e. The molecule has 3 atom stereocenters. The molecule has 4 aromatic rings. The van der Waals surface area contributed by atoms with Crippen LogP contribution < -0.4 is 10.6 Å². The Morgan fingerprint density at radius 2 is 1.77 bits per heavy atom. The van der Waals surface area contributed by atoms with E-state index in [2.05, 4.69) is 15.6 Å². The third-order valence-electron chi connectivity index (χ3n) is 6.46. The van der Waals surface area contributed by atoms with Gasteiger partial charge in [0.2, 0.25) is 0 Å². The van der Waals surface area contributed by atoms with Crippen molar-refractivity contribution >= 4 is 34.9 Å². The summed E-state index contributed by atoms with van der Waals surface area (Å²) in [6.45, 7) is 0.822. The van der Waals surface area contributed by atoms with Gasteiger partial charge in [0, 0.05) is 24.2 Å². The molecule has 5 rings (SSSR count). The molecule has 1 aromatic heterocycles. The second kappa shape index (κ2) is 12.6. The van der Waals surface area contributed by atoms with Crippen LogP contribution in [0, 0.1) is 0 Å². The average Bonchev–Trinajstić information content (AvgIpc) is 3.29. The quantitative estimate of drug-likeness (QED) is 0.234. The third kappa shape index (κ3) is 6.98. The fourth-order valence-corrected chi connectivity index (χ4v) is 4.75. The van der Waals surface area contributed by atoms with Crippen LogP contribution in [-0.2, 0) is 29.2 Å². The molecular formula is C29H28Cl2N4O4. The maximum atomic E-state index is 12.5. The lowest BCUT2D eigenvalue weighted by Crippen LogP contribution is -2.32. The van der Waals surface area contributed by atoms with E-state index in [0.717, 1.165) is 22.3 Å². The van der Waals surface area contributed by atoms with E-state index < -0.39 is 6.29 Å². The number of halogens is 2. The molecular weight excluding hydrogens is 539 g/mol. The Hall–Kier alpha value is -3.40. The summed E-state index contributed by atoms with van der Waals surface area (Å²) >= 11 is 12.4. The van der Waals surface area contributed by atoms with Gasteiger partial charge in [0.1, 0.15) is 5.15 Å². The Balaban J connectivity index is 1.32. The van der Waals surface area contributed by atoms with Crippen LogP contribution in [0.15, 0.2) is 85.2 Å². The Morgan fingerprint density at radius 1 is 0.974 bits per heavy atom. The number of amides is 2. The van der Waals surface area contributed by atoms with Crippen molar-refractivity contribution in [1.29, 1.82) is 0 Å². The van der Waals surface area contributed by atoms with Crippen molar-refractivity contribution in [3.05, 3.63) is 118 Å². The molecule has 0 aliphatic carbocycles. The number of benzene rings is 3. The van der Waals surface area contributed by atoms with Crippen molar-refractivity contribution in [2.75, 3.05) is 5.32 Å². The summed E-state index contributed by atoms with van der Waals surface area (Å²) in [4.78, 5) is 16.6. The van der Waals surface area contributed by atoms with E-state index in [9.17, 15) is 9.90 Å². The van der Waals surface area contributed by atoms with Crippen molar-refractivity contribution in [1.82, 2.24) is 14.9 Å². The predicted molar refractivity (Wildman–Crippen MR) is 149 cm³/mol. The molecule has 39 heavy (non-hydrogen) atoms. The van der Waals surface area contributed by atoms with E-state index in [1.807, 2.05) is 78.9 Å². The van der Waals surface area contributed by atoms with Crippen LogP contribution in [0.1, 0.15) is 41.1 Å². The number of urea groups is 1. The standard InChI is InChI=1S/C29H28Cl2N4O4/c30-26-27(31)35(18-33-26)16-24-14-25(21-11-9-20(17-36)10-12-21)39-28(38-24)22-7-4-8-23(13-22)34-29(37)32-15-19-5-2-1-3-6-19/h1-13,18,24-25,28,36H,14-17H2,(H2,32,34,37)/t24-,25+,28+/m0/s1. The van der Waals surface area contributed by atoms with Gasteiger partial charge in [0.25, 0.3) is 0 Å². The minimum Gasteiger partial charge on any atom is -0.392 e. The number of carbonyl (C=O) groups is 1. The van der Waals surface area contributed by atoms with Gasteiger partial charge in [0.15, 0.2) is 11.4 Å². The fraction of sp³-hybridized carbons (Fsp3) is 0.241. The topological polar surface area (TPSA) is 97.6 Å². The van der Waals surface area contributed by atoms with Gasteiger partial charge >= 0.3 is 6.03 Å². The number of hydrogen-bond donors (Lipinski definition) is 3. The molecule has 3 N–H and O–H groups in total. The zero-order valence-corrected chi connectivity index (χ0v) is 22.5. The highest BCUT2D eigenvalue weighted by Gasteiger charge is 2.33. The Bertz CT molecular complexity index is 1400. The highest BCUT2D eigenvalue weighted by molar-refractivity contribution is 6.40. The normalized spacial score (nSPS) is 19.0. The lowest BCUT2D eigenvalue weighted by atomic mass is 10.00. The van der Waals surface area contributed by atoms with Crippen LogP contribution in [0.3, 0.4) is 0 Å². The highest BCUT2D eigenvalue weighted by atomic mass is 35.5. The molecule has 0 spiro atoms. The zero-order valence-electron chi connectivity index (χ0n) is 21.0. The molecule has 0 unspecified atom stereocenters. The Labute approximate surface area is 236 Å². The van der Waals surface area contributed by atoms with Crippen LogP contribution in [0.5, 0.6) is 0 Å². The highest BCUT2D eigenvalue weighted by Crippen LogP contribution is 2.39. The van der Waals surface area contributed by atoms with E-state index in [4.69, 9.17) is 32.7 Å². The minimum absolute atomic E-state index is 0.0290. The van der Waals surface area contributed by atoms with Crippen molar-refractivity contribution in [3.63, 3.8) is 0 Å². The Morgan fingerprint density at radius 3 is 2.49 bits per heavy atom. The first-order chi connectivity index (χ1) is 19.0. The van der Waals surface area contributed by atoms with Gasteiger partial charge in [-0.15, -0.1) is 0 Å². The van der Waals surface area contributed by atoms with Crippen molar-refractivity contribution in [2.24, 2.45) is 0 Å². The monoisotopic (exact) mass is 566 g/mol. The van der Waals surface area contributed by atoms with Gasteiger partial charge in [-0.1, -0.05) is 89.9 Å². The van der Waals surface area contributed by atoms with Crippen LogP contribution in [-0.4, -0.2) is 26.8 Å². The SMILES string of the molecule is O=C(NCc1ccccc1)Nc1cccc([C@@H]2O[C@H](Cn3cnc(Cl)c3Cl)C[C@H](c3ccc(CO)cc3)O2)c1. The van der Waals surface area contributed by atoms with E-state index in [0.29, 0.717) is 30.4 Å². The van der Waals surface area contributed by atoms with E-state index in [1.165, 1.54) is 0 Å².